The minimum atomic E-state index is 0. The molecule has 0 bridgehead atoms. The Hall–Kier alpha value is 0.460. The second kappa shape index (κ2) is 11.2. The second-order valence-corrected chi connectivity index (χ2v) is 5.86. The summed E-state index contributed by atoms with van der Waals surface area (Å²) in [4.78, 5) is 5.14. The van der Waals surface area contributed by atoms with Crippen molar-refractivity contribution in [3.05, 3.63) is 0 Å². The fourth-order valence-electron chi connectivity index (χ4n) is 3.15. The fraction of sp³-hybridized carbons (Fsp3) is 1.00. The maximum atomic E-state index is 3.41. The quantitative estimate of drug-likeness (QED) is 0.840. The van der Waals surface area contributed by atoms with Crippen molar-refractivity contribution in [3.8, 4) is 0 Å². The Balaban J connectivity index is 0.00000162. The SMILES string of the molecule is CN(CCN1CCNCC1)CC1CCCCC1.Cl.Cl. The van der Waals surface area contributed by atoms with Gasteiger partial charge >= 0.3 is 0 Å². The molecule has 3 nitrogen and oxygen atoms in total. The number of likely N-dealkylation sites (N-methyl/N-ethyl adjacent to an activating group) is 1. The van der Waals surface area contributed by atoms with Crippen LogP contribution in [0.15, 0.2) is 0 Å². The van der Waals surface area contributed by atoms with Crippen molar-refractivity contribution >= 4 is 24.8 Å². The minimum Gasteiger partial charge on any atom is -0.314 e. The molecule has 1 aliphatic heterocycles. The molecule has 0 unspecified atom stereocenters. The summed E-state index contributed by atoms with van der Waals surface area (Å²) in [6.07, 6.45) is 7.35. The van der Waals surface area contributed by atoms with Gasteiger partial charge in [-0.1, -0.05) is 19.3 Å². The van der Waals surface area contributed by atoms with Gasteiger partial charge in [-0.2, -0.15) is 0 Å². The predicted octanol–water partition coefficient (Wildman–Crippen LogP) is 2.25. The predicted molar refractivity (Wildman–Crippen MR) is 87.9 cm³/mol. The van der Waals surface area contributed by atoms with Gasteiger partial charge in [0.25, 0.3) is 0 Å². The molecule has 0 amide bonds. The number of nitrogens with one attached hydrogen (secondary N) is 1. The Kier molecular flexibility index (Phi) is 11.4. The fourth-order valence-corrected chi connectivity index (χ4v) is 3.15. The smallest absolute Gasteiger partial charge is 0.0110 e. The van der Waals surface area contributed by atoms with Crippen LogP contribution in [0.2, 0.25) is 0 Å². The number of hydrogen-bond donors (Lipinski definition) is 1. The highest BCUT2D eigenvalue weighted by Gasteiger charge is 2.16. The molecule has 0 aromatic carbocycles. The van der Waals surface area contributed by atoms with Crippen molar-refractivity contribution in [3.63, 3.8) is 0 Å². The van der Waals surface area contributed by atoms with Crippen LogP contribution in [0.25, 0.3) is 0 Å². The van der Waals surface area contributed by atoms with Gasteiger partial charge in [0.15, 0.2) is 0 Å². The van der Waals surface area contributed by atoms with Crippen LogP contribution in [0.1, 0.15) is 32.1 Å². The van der Waals surface area contributed by atoms with Gasteiger partial charge in [-0.15, -0.1) is 24.8 Å². The van der Waals surface area contributed by atoms with Gasteiger partial charge in [-0.3, -0.25) is 4.90 Å². The van der Waals surface area contributed by atoms with Crippen LogP contribution in [-0.4, -0.2) is 62.7 Å². The van der Waals surface area contributed by atoms with Crippen molar-refractivity contribution in [2.24, 2.45) is 5.92 Å². The zero-order valence-electron chi connectivity index (χ0n) is 12.3. The van der Waals surface area contributed by atoms with Crippen molar-refractivity contribution in [1.82, 2.24) is 15.1 Å². The van der Waals surface area contributed by atoms with E-state index in [1.807, 2.05) is 0 Å². The monoisotopic (exact) mass is 311 g/mol. The molecule has 0 radical (unpaired) electrons. The Bertz CT molecular complexity index is 205. The van der Waals surface area contributed by atoms with Crippen LogP contribution in [0, 0.1) is 5.92 Å². The average Bonchev–Trinajstić information content (AvgIpc) is 2.39. The highest BCUT2D eigenvalue weighted by Crippen LogP contribution is 2.23. The lowest BCUT2D eigenvalue weighted by atomic mass is 9.89. The van der Waals surface area contributed by atoms with Crippen molar-refractivity contribution < 1.29 is 0 Å². The first-order valence-corrected chi connectivity index (χ1v) is 7.46. The number of nitrogens with zero attached hydrogens (tertiary/aromatic N) is 2. The Morgan fingerprint density at radius 1 is 1.05 bits per heavy atom. The minimum absolute atomic E-state index is 0. The first-order chi connectivity index (χ1) is 8.34. The van der Waals surface area contributed by atoms with Gasteiger partial charge in [-0.05, 0) is 25.8 Å². The van der Waals surface area contributed by atoms with E-state index in [-0.39, 0.29) is 24.8 Å². The van der Waals surface area contributed by atoms with E-state index in [1.165, 1.54) is 77.9 Å². The Labute approximate surface area is 131 Å². The first-order valence-electron chi connectivity index (χ1n) is 7.46. The van der Waals surface area contributed by atoms with Gasteiger partial charge < -0.3 is 10.2 Å². The highest BCUT2D eigenvalue weighted by atomic mass is 35.5. The van der Waals surface area contributed by atoms with Gasteiger partial charge in [0.1, 0.15) is 0 Å². The van der Waals surface area contributed by atoms with Crippen LogP contribution in [0.3, 0.4) is 0 Å². The Morgan fingerprint density at radius 2 is 1.68 bits per heavy atom. The van der Waals surface area contributed by atoms with Gasteiger partial charge in [-0.25, -0.2) is 0 Å². The molecular formula is C14H31Cl2N3. The zero-order chi connectivity index (χ0) is 11.9. The summed E-state index contributed by atoms with van der Waals surface area (Å²) in [5.74, 6) is 0.983. The number of halogens is 2. The van der Waals surface area contributed by atoms with Crippen molar-refractivity contribution in [1.29, 1.82) is 0 Å². The van der Waals surface area contributed by atoms with E-state index in [0.717, 1.165) is 5.92 Å². The molecular weight excluding hydrogens is 281 g/mol. The standard InChI is InChI=1S/C14H29N3.2ClH/c1-16(13-14-5-3-2-4-6-14)11-12-17-9-7-15-8-10-17;;/h14-15H,2-13H2,1H3;2*1H. The molecule has 0 aromatic rings. The molecule has 5 heteroatoms. The van der Waals surface area contributed by atoms with E-state index in [0.29, 0.717) is 0 Å². The summed E-state index contributed by atoms with van der Waals surface area (Å²) in [5, 5.41) is 3.41. The third kappa shape index (κ3) is 7.72. The van der Waals surface area contributed by atoms with Crippen molar-refractivity contribution in [2.45, 2.75) is 32.1 Å². The first kappa shape index (κ1) is 19.5. The molecule has 19 heavy (non-hydrogen) atoms. The summed E-state index contributed by atoms with van der Waals surface area (Å²) < 4.78 is 0. The lowest BCUT2D eigenvalue weighted by Crippen LogP contribution is -2.46. The highest BCUT2D eigenvalue weighted by molar-refractivity contribution is 5.85. The molecule has 0 spiro atoms. The van der Waals surface area contributed by atoms with Crippen LogP contribution in [0.4, 0.5) is 0 Å². The molecule has 2 aliphatic rings. The summed E-state index contributed by atoms with van der Waals surface area (Å²) in [6, 6.07) is 0. The molecule has 1 saturated carbocycles. The molecule has 1 N–H and O–H groups in total. The normalized spacial score (nSPS) is 21.8. The summed E-state index contributed by atoms with van der Waals surface area (Å²) in [5.41, 5.74) is 0. The third-order valence-corrected chi connectivity index (χ3v) is 4.30. The maximum absolute atomic E-state index is 3.41. The molecule has 2 fully saturated rings. The Morgan fingerprint density at radius 3 is 2.32 bits per heavy atom. The maximum Gasteiger partial charge on any atom is 0.0110 e. The van der Waals surface area contributed by atoms with Gasteiger partial charge in [0.05, 0.1) is 0 Å². The van der Waals surface area contributed by atoms with E-state index >= 15 is 0 Å². The third-order valence-electron chi connectivity index (χ3n) is 4.30. The molecule has 1 heterocycles. The van der Waals surface area contributed by atoms with Gasteiger partial charge in [0.2, 0.25) is 0 Å². The summed E-state index contributed by atoms with van der Waals surface area (Å²) >= 11 is 0. The number of piperazine rings is 1. The number of hydrogen-bond acceptors (Lipinski definition) is 3. The van der Waals surface area contributed by atoms with Crippen LogP contribution >= 0.6 is 24.8 Å². The molecule has 116 valence electrons. The van der Waals surface area contributed by atoms with E-state index in [4.69, 9.17) is 0 Å². The largest absolute Gasteiger partial charge is 0.314 e. The van der Waals surface area contributed by atoms with E-state index in [2.05, 4.69) is 22.2 Å². The summed E-state index contributed by atoms with van der Waals surface area (Å²) in [6.45, 7) is 8.64. The summed E-state index contributed by atoms with van der Waals surface area (Å²) in [7, 11) is 2.30. The van der Waals surface area contributed by atoms with E-state index in [9.17, 15) is 0 Å². The van der Waals surface area contributed by atoms with E-state index < -0.39 is 0 Å². The average molecular weight is 312 g/mol. The molecule has 1 saturated heterocycles. The van der Waals surface area contributed by atoms with Crippen LogP contribution in [0.5, 0.6) is 0 Å². The topological polar surface area (TPSA) is 18.5 Å². The molecule has 0 aromatic heterocycles. The number of rotatable bonds is 5. The molecule has 1 aliphatic carbocycles. The lowest BCUT2D eigenvalue weighted by molar-refractivity contribution is 0.181. The van der Waals surface area contributed by atoms with Crippen molar-refractivity contribution in [2.75, 3.05) is 52.9 Å². The second-order valence-electron chi connectivity index (χ2n) is 5.86. The van der Waals surface area contributed by atoms with Gasteiger partial charge in [0, 0.05) is 45.8 Å². The molecule has 0 atom stereocenters. The van der Waals surface area contributed by atoms with Crippen LogP contribution in [-0.2, 0) is 0 Å². The lowest BCUT2D eigenvalue weighted by Gasteiger charge is -2.31. The van der Waals surface area contributed by atoms with Crippen LogP contribution < -0.4 is 5.32 Å². The zero-order valence-corrected chi connectivity index (χ0v) is 13.9. The van der Waals surface area contributed by atoms with E-state index in [1.54, 1.807) is 0 Å². The molecule has 2 rings (SSSR count).